The fraction of sp³-hybridized carbons (Fsp3) is 0.200. The fourth-order valence-electron chi connectivity index (χ4n) is 1.70. The van der Waals surface area contributed by atoms with Crippen LogP contribution >= 0.6 is 11.6 Å². The molecule has 0 saturated carbocycles. The second kappa shape index (κ2) is 6.95. The number of amides is 1. The van der Waals surface area contributed by atoms with Gasteiger partial charge in [0.25, 0.3) is 5.91 Å². The predicted octanol–water partition coefficient (Wildman–Crippen LogP) is 2.89. The number of hydrogen-bond acceptors (Lipinski definition) is 4. The van der Waals surface area contributed by atoms with E-state index in [2.05, 4.69) is 10.1 Å². The molecule has 0 unspecified atom stereocenters. The molecular formula is C15H14ClNO4. The molecule has 2 rings (SSSR count). The number of carbonyl (C=O) groups excluding carboxylic acids is 2. The lowest BCUT2D eigenvalue weighted by Crippen LogP contribution is -2.25. The minimum atomic E-state index is -0.378. The largest absolute Gasteiger partial charge is 0.469 e. The summed E-state index contributed by atoms with van der Waals surface area (Å²) in [6.45, 7) is 0.197. The summed E-state index contributed by atoms with van der Waals surface area (Å²) < 4.78 is 9.97. The van der Waals surface area contributed by atoms with Gasteiger partial charge in [-0.15, -0.1) is 0 Å². The van der Waals surface area contributed by atoms with Gasteiger partial charge in [0.05, 0.1) is 13.5 Å². The standard InChI is InChI=1S/C15H14ClNO4/c1-20-14(18)8-9-17-15(19)13-7-6-12(21-13)10-2-4-11(16)5-3-10/h2-7H,8-9H2,1H3,(H,17,19). The maximum atomic E-state index is 11.8. The van der Waals surface area contributed by atoms with Crippen LogP contribution in [0.2, 0.25) is 5.02 Å². The molecule has 0 atom stereocenters. The molecule has 110 valence electrons. The SMILES string of the molecule is COC(=O)CCNC(=O)c1ccc(-c2ccc(Cl)cc2)o1. The average Bonchev–Trinajstić information content (AvgIpc) is 2.97. The van der Waals surface area contributed by atoms with Crippen LogP contribution in [-0.2, 0) is 9.53 Å². The van der Waals surface area contributed by atoms with Crippen molar-refractivity contribution in [3.63, 3.8) is 0 Å². The molecule has 1 heterocycles. The van der Waals surface area contributed by atoms with Crippen LogP contribution in [0.25, 0.3) is 11.3 Å². The highest BCUT2D eigenvalue weighted by Crippen LogP contribution is 2.23. The lowest BCUT2D eigenvalue weighted by molar-refractivity contribution is -0.140. The zero-order chi connectivity index (χ0) is 15.2. The van der Waals surface area contributed by atoms with Gasteiger partial charge in [-0.3, -0.25) is 9.59 Å². The Balaban J connectivity index is 1.97. The van der Waals surface area contributed by atoms with Crippen LogP contribution in [0.4, 0.5) is 0 Å². The topological polar surface area (TPSA) is 68.5 Å². The molecule has 0 aliphatic carbocycles. The van der Waals surface area contributed by atoms with E-state index in [1.807, 2.05) is 0 Å². The lowest BCUT2D eigenvalue weighted by Gasteiger charge is -2.02. The highest BCUT2D eigenvalue weighted by Gasteiger charge is 2.12. The van der Waals surface area contributed by atoms with Crippen molar-refractivity contribution >= 4 is 23.5 Å². The van der Waals surface area contributed by atoms with Crippen LogP contribution in [0.3, 0.4) is 0 Å². The van der Waals surface area contributed by atoms with Gasteiger partial charge in [0.1, 0.15) is 5.76 Å². The van der Waals surface area contributed by atoms with E-state index in [-0.39, 0.29) is 30.6 Å². The number of furan rings is 1. The molecular weight excluding hydrogens is 294 g/mol. The van der Waals surface area contributed by atoms with Crippen molar-refractivity contribution < 1.29 is 18.7 Å². The van der Waals surface area contributed by atoms with E-state index < -0.39 is 0 Å². The van der Waals surface area contributed by atoms with Crippen molar-refractivity contribution in [2.45, 2.75) is 6.42 Å². The van der Waals surface area contributed by atoms with Crippen LogP contribution in [0.1, 0.15) is 17.0 Å². The van der Waals surface area contributed by atoms with E-state index in [0.29, 0.717) is 10.8 Å². The molecule has 0 bridgehead atoms. The third-order valence-corrected chi connectivity index (χ3v) is 3.05. The summed E-state index contributed by atoms with van der Waals surface area (Å²) >= 11 is 5.82. The first-order chi connectivity index (χ1) is 10.1. The molecule has 0 aliphatic rings. The molecule has 2 aromatic rings. The van der Waals surface area contributed by atoms with Crippen molar-refractivity contribution in [1.82, 2.24) is 5.32 Å². The third kappa shape index (κ3) is 4.10. The molecule has 0 fully saturated rings. The Morgan fingerprint density at radius 3 is 2.57 bits per heavy atom. The second-order valence-electron chi connectivity index (χ2n) is 4.25. The molecule has 1 aromatic carbocycles. The highest BCUT2D eigenvalue weighted by atomic mass is 35.5. The molecule has 0 aliphatic heterocycles. The molecule has 6 heteroatoms. The first kappa shape index (κ1) is 15.1. The molecule has 0 spiro atoms. The molecule has 5 nitrogen and oxygen atoms in total. The van der Waals surface area contributed by atoms with Crippen molar-refractivity contribution in [3.8, 4) is 11.3 Å². The van der Waals surface area contributed by atoms with E-state index >= 15 is 0 Å². The third-order valence-electron chi connectivity index (χ3n) is 2.80. The van der Waals surface area contributed by atoms with Gasteiger partial charge in [0.2, 0.25) is 0 Å². The highest BCUT2D eigenvalue weighted by molar-refractivity contribution is 6.30. The Labute approximate surface area is 126 Å². The zero-order valence-electron chi connectivity index (χ0n) is 11.4. The Bertz CT molecular complexity index is 633. The van der Waals surface area contributed by atoms with Gasteiger partial charge in [0, 0.05) is 17.1 Å². The number of ether oxygens (including phenoxy) is 1. The first-order valence-corrected chi connectivity index (χ1v) is 6.68. The molecule has 0 saturated heterocycles. The zero-order valence-corrected chi connectivity index (χ0v) is 12.1. The summed E-state index contributed by atoms with van der Waals surface area (Å²) in [5.74, 6) is 0.00492. The summed E-state index contributed by atoms with van der Waals surface area (Å²) in [4.78, 5) is 22.8. The Kier molecular flexibility index (Phi) is 5.00. The van der Waals surface area contributed by atoms with E-state index in [1.165, 1.54) is 7.11 Å². The van der Waals surface area contributed by atoms with E-state index in [4.69, 9.17) is 16.0 Å². The summed E-state index contributed by atoms with van der Waals surface area (Å²) in [5, 5.41) is 3.21. The number of rotatable bonds is 5. The fourth-order valence-corrected chi connectivity index (χ4v) is 1.82. The Morgan fingerprint density at radius 2 is 1.90 bits per heavy atom. The smallest absolute Gasteiger partial charge is 0.307 e. The second-order valence-corrected chi connectivity index (χ2v) is 4.69. The quantitative estimate of drug-likeness (QED) is 0.862. The molecule has 1 N–H and O–H groups in total. The van der Waals surface area contributed by atoms with Crippen LogP contribution in [0.15, 0.2) is 40.8 Å². The van der Waals surface area contributed by atoms with Gasteiger partial charge in [-0.25, -0.2) is 0 Å². The lowest BCUT2D eigenvalue weighted by atomic mass is 10.2. The Hall–Kier alpha value is -2.27. The first-order valence-electron chi connectivity index (χ1n) is 6.31. The average molecular weight is 308 g/mol. The summed E-state index contributed by atoms with van der Waals surface area (Å²) in [7, 11) is 1.30. The number of carbonyl (C=O) groups is 2. The van der Waals surface area contributed by atoms with Crippen LogP contribution in [0, 0.1) is 0 Å². The molecule has 0 radical (unpaired) electrons. The number of halogens is 1. The van der Waals surface area contributed by atoms with E-state index in [1.54, 1.807) is 36.4 Å². The summed E-state index contributed by atoms with van der Waals surface area (Å²) in [5.41, 5.74) is 0.827. The normalized spacial score (nSPS) is 10.2. The number of benzene rings is 1. The summed E-state index contributed by atoms with van der Waals surface area (Å²) in [6.07, 6.45) is 0.118. The maximum Gasteiger partial charge on any atom is 0.307 e. The molecule has 1 amide bonds. The number of esters is 1. The Morgan fingerprint density at radius 1 is 1.19 bits per heavy atom. The van der Waals surface area contributed by atoms with Gasteiger partial charge >= 0.3 is 5.97 Å². The van der Waals surface area contributed by atoms with E-state index in [0.717, 1.165) is 5.56 Å². The van der Waals surface area contributed by atoms with Crippen molar-refractivity contribution in [2.75, 3.05) is 13.7 Å². The monoisotopic (exact) mass is 307 g/mol. The molecule has 1 aromatic heterocycles. The number of methoxy groups -OCH3 is 1. The van der Waals surface area contributed by atoms with Gasteiger partial charge in [-0.2, -0.15) is 0 Å². The van der Waals surface area contributed by atoms with Crippen molar-refractivity contribution in [2.24, 2.45) is 0 Å². The van der Waals surface area contributed by atoms with Crippen LogP contribution < -0.4 is 5.32 Å². The van der Waals surface area contributed by atoms with Gasteiger partial charge in [-0.1, -0.05) is 11.6 Å². The summed E-state index contributed by atoms with van der Waals surface area (Å²) in [6, 6.07) is 10.4. The van der Waals surface area contributed by atoms with Crippen LogP contribution in [-0.4, -0.2) is 25.5 Å². The minimum Gasteiger partial charge on any atom is -0.469 e. The van der Waals surface area contributed by atoms with E-state index in [9.17, 15) is 9.59 Å². The number of hydrogen-bond donors (Lipinski definition) is 1. The number of nitrogens with one attached hydrogen (secondary N) is 1. The molecule has 21 heavy (non-hydrogen) atoms. The van der Waals surface area contributed by atoms with Gasteiger partial charge in [0.15, 0.2) is 5.76 Å². The van der Waals surface area contributed by atoms with Gasteiger partial charge < -0.3 is 14.5 Å². The van der Waals surface area contributed by atoms with Crippen molar-refractivity contribution in [3.05, 3.63) is 47.2 Å². The van der Waals surface area contributed by atoms with Crippen LogP contribution in [0.5, 0.6) is 0 Å². The minimum absolute atomic E-state index is 0.118. The maximum absolute atomic E-state index is 11.8. The van der Waals surface area contributed by atoms with Gasteiger partial charge in [-0.05, 0) is 36.4 Å². The predicted molar refractivity (Wildman–Crippen MR) is 78.1 cm³/mol. The van der Waals surface area contributed by atoms with Crippen molar-refractivity contribution in [1.29, 1.82) is 0 Å².